The second-order valence-corrected chi connectivity index (χ2v) is 7.55. The monoisotopic (exact) mass is 422 g/mol. The lowest BCUT2D eigenvalue weighted by Gasteiger charge is -2.31. The Kier molecular flexibility index (Phi) is 6.34. The molecule has 31 heavy (non-hydrogen) atoms. The van der Waals surface area contributed by atoms with E-state index in [9.17, 15) is 14.7 Å². The second-order valence-electron chi connectivity index (χ2n) is 7.55. The number of amides is 1. The van der Waals surface area contributed by atoms with Crippen LogP contribution in [0.15, 0.2) is 60.2 Å². The average molecular weight is 422 g/mol. The van der Waals surface area contributed by atoms with Crippen molar-refractivity contribution in [1.82, 2.24) is 9.80 Å². The Morgan fingerprint density at radius 1 is 1.03 bits per heavy atom. The van der Waals surface area contributed by atoms with E-state index in [4.69, 9.17) is 9.47 Å². The molecule has 2 saturated heterocycles. The molecule has 1 unspecified atom stereocenters. The molecule has 2 aliphatic heterocycles. The summed E-state index contributed by atoms with van der Waals surface area (Å²) < 4.78 is 10.9. The molecular weight excluding hydrogens is 396 g/mol. The minimum atomic E-state index is -0.725. The number of hydrogen-bond donors (Lipinski definition) is 1. The van der Waals surface area contributed by atoms with Gasteiger partial charge in [0.05, 0.1) is 31.9 Å². The number of ether oxygens (including phenoxy) is 2. The summed E-state index contributed by atoms with van der Waals surface area (Å²) >= 11 is 0. The van der Waals surface area contributed by atoms with Gasteiger partial charge in [0, 0.05) is 37.3 Å². The van der Waals surface area contributed by atoms with E-state index in [1.54, 1.807) is 42.3 Å². The van der Waals surface area contributed by atoms with Gasteiger partial charge in [-0.15, -0.1) is 0 Å². The third-order valence-corrected chi connectivity index (χ3v) is 5.78. The molecule has 7 nitrogen and oxygen atoms in total. The van der Waals surface area contributed by atoms with E-state index in [0.29, 0.717) is 43.2 Å². The fourth-order valence-electron chi connectivity index (χ4n) is 4.15. The molecule has 0 spiro atoms. The van der Waals surface area contributed by atoms with Crippen molar-refractivity contribution in [3.05, 3.63) is 71.3 Å². The largest absolute Gasteiger partial charge is 0.507 e. The first kappa shape index (κ1) is 21.1. The number of rotatable bonds is 6. The van der Waals surface area contributed by atoms with Crippen LogP contribution in [-0.2, 0) is 14.3 Å². The zero-order chi connectivity index (χ0) is 21.8. The van der Waals surface area contributed by atoms with E-state index < -0.39 is 17.7 Å². The highest BCUT2D eigenvalue weighted by Gasteiger charge is 2.46. The van der Waals surface area contributed by atoms with Gasteiger partial charge in [0.15, 0.2) is 0 Å². The Bertz CT molecular complexity index is 982. The van der Waals surface area contributed by atoms with Crippen LogP contribution in [0.5, 0.6) is 5.75 Å². The van der Waals surface area contributed by atoms with E-state index in [1.165, 1.54) is 0 Å². The van der Waals surface area contributed by atoms with Gasteiger partial charge in [0.1, 0.15) is 11.5 Å². The van der Waals surface area contributed by atoms with Crippen molar-refractivity contribution in [2.75, 3.05) is 46.5 Å². The minimum absolute atomic E-state index is 0.0858. The Labute approximate surface area is 181 Å². The van der Waals surface area contributed by atoms with Gasteiger partial charge in [-0.3, -0.25) is 14.5 Å². The predicted molar refractivity (Wildman–Crippen MR) is 116 cm³/mol. The van der Waals surface area contributed by atoms with Gasteiger partial charge in [-0.1, -0.05) is 48.5 Å². The summed E-state index contributed by atoms with van der Waals surface area (Å²) in [6.07, 6.45) is 0. The summed E-state index contributed by atoms with van der Waals surface area (Å²) in [7, 11) is 1.55. The molecule has 1 atom stereocenters. The van der Waals surface area contributed by atoms with Gasteiger partial charge < -0.3 is 19.5 Å². The number of Topliss-reactive ketones (excluding diaryl/α,β-unsaturated/α-hetero) is 1. The lowest BCUT2D eigenvalue weighted by molar-refractivity contribution is -0.140. The fourth-order valence-corrected chi connectivity index (χ4v) is 4.15. The van der Waals surface area contributed by atoms with E-state index in [1.807, 2.05) is 24.3 Å². The molecule has 0 aromatic heterocycles. The van der Waals surface area contributed by atoms with Crippen LogP contribution in [0, 0.1) is 0 Å². The number of methoxy groups -OCH3 is 1. The summed E-state index contributed by atoms with van der Waals surface area (Å²) in [5.74, 6) is -0.908. The van der Waals surface area contributed by atoms with Gasteiger partial charge in [0.25, 0.3) is 11.7 Å². The second kappa shape index (κ2) is 9.32. The number of para-hydroxylation sites is 1. The van der Waals surface area contributed by atoms with Crippen LogP contribution >= 0.6 is 0 Å². The first-order valence-corrected chi connectivity index (χ1v) is 10.4. The van der Waals surface area contributed by atoms with Crippen LogP contribution in [-0.4, -0.2) is 73.1 Å². The lowest BCUT2D eigenvalue weighted by atomic mass is 9.94. The molecule has 0 radical (unpaired) electrons. The number of aliphatic hydroxyl groups excluding tert-OH is 1. The lowest BCUT2D eigenvalue weighted by Crippen LogP contribution is -2.42. The maximum atomic E-state index is 13.1. The van der Waals surface area contributed by atoms with E-state index in [-0.39, 0.29) is 11.3 Å². The molecule has 2 heterocycles. The van der Waals surface area contributed by atoms with Crippen molar-refractivity contribution in [2.45, 2.75) is 6.04 Å². The van der Waals surface area contributed by atoms with E-state index >= 15 is 0 Å². The van der Waals surface area contributed by atoms with Gasteiger partial charge in [-0.2, -0.15) is 0 Å². The van der Waals surface area contributed by atoms with Gasteiger partial charge >= 0.3 is 0 Å². The van der Waals surface area contributed by atoms with Crippen LogP contribution in [0.2, 0.25) is 0 Å². The molecule has 1 N–H and O–H groups in total. The Morgan fingerprint density at radius 3 is 2.42 bits per heavy atom. The quantitative estimate of drug-likeness (QED) is 0.438. The van der Waals surface area contributed by atoms with Gasteiger partial charge in [-0.25, -0.2) is 0 Å². The molecule has 2 fully saturated rings. The fraction of sp³-hybridized carbons (Fsp3) is 0.333. The molecule has 0 saturated carbocycles. The zero-order valence-electron chi connectivity index (χ0n) is 17.5. The number of ketones is 1. The number of hydrogen-bond acceptors (Lipinski definition) is 6. The minimum Gasteiger partial charge on any atom is -0.507 e. The molecular formula is C24H26N2O5. The Morgan fingerprint density at radius 2 is 1.71 bits per heavy atom. The van der Waals surface area contributed by atoms with Crippen LogP contribution < -0.4 is 4.74 Å². The van der Waals surface area contributed by atoms with Crippen LogP contribution in [0.25, 0.3) is 5.76 Å². The number of carbonyl (C=O) groups is 2. The Balaban J connectivity index is 1.76. The number of benzene rings is 2. The number of aliphatic hydroxyl groups is 1. The van der Waals surface area contributed by atoms with E-state index in [2.05, 4.69) is 4.90 Å². The summed E-state index contributed by atoms with van der Waals surface area (Å²) in [6.45, 7) is 3.86. The standard InChI is InChI=1S/C24H26N2O5/c1-30-19-10-6-5-9-18(19)21-20(22(27)17-7-3-2-4-8-17)23(28)24(29)26(21)12-11-25-13-15-31-16-14-25/h2-10,21,27H,11-16H2,1H3. The summed E-state index contributed by atoms with van der Waals surface area (Å²) in [5.41, 5.74) is 1.25. The van der Waals surface area contributed by atoms with Crippen molar-refractivity contribution in [1.29, 1.82) is 0 Å². The predicted octanol–water partition coefficient (Wildman–Crippen LogP) is 2.45. The van der Waals surface area contributed by atoms with Crippen LogP contribution in [0.1, 0.15) is 17.2 Å². The molecule has 1 amide bonds. The number of nitrogens with zero attached hydrogens (tertiary/aromatic N) is 2. The third kappa shape index (κ3) is 4.19. The molecule has 4 rings (SSSR count). The van der Waals surface area contributed by atoms with Crippen molar-refractivity contribution >= 4 is 17.4 Å². The highest BCUT2D eigenvalue weighted by Crippen LogP contribution is 2.42. The molecule has 2 aromatic rings. The molecule has 2 aliphatic rings. The van der Waals surface area contributed by atoms with Crippen molar-refractivity contribution < 1.29 is 24.2 Å². The highest BCUT2D eigenvalue weighted by molar-refractivity contribution is 6.46. The number of likely N-dealkylation sites (tertiary alicyclic amines) is 1. The molecule has 0 aliphatic carbocycles. The summed E-state index contributed by atoms with van der Waals surface area (Å²) in [5, 5.41) is 11.1. The van der Waals surface area contributed by atoms with Crippen LogP contribution in [0.4, 0.5) is 0 Å². The zero-order valence-corrected chi connectivity index (χ0v) is 17.5. The Hall–Kier alpha value is -3.16. The number of morpholine rings is 1. The van der Waals surface area contributed by atoms with Crippen LogP contribution in [0.3, 0.4) is 0 Å². The molecule has 0 bridgehead atoms. The highest BCUT2D eigenvalue weighted by atomic mass is 16.5. The maximum absolute atomic E-state index is 13.1. The molecule has 162 valence electrons. The smallest absolute Gasteiger partial charge is 0.295 e. The number of carbonyl (C=O) groups excluding carboxylic acids is 2. The normalized spacial score (nSPS) is 21.5. The van der Waals surface area contributed by atoms with Crippen molar-refractivity contribution in [2.24, 2.45) is 0 Å². The first-order chi connectivity index (χ1) is 15.1. The topological polar surface area (TPSA) is 79.3 Å². The van der Waals surface area contributed by atoms with E-state index in [0.717, 1.165) is 13.1 Å². The van der Waals surface area contributed by atoms with Crippen molar-refractivity contribution in [3.8, 4) is 5.75 Å². The van der Waals surface area contributed by atoms with Crippen molar-refractivity contribution in [3.63, 3.8) is 0 Å². The average Bonchev–Trinajstić information content (AvgIpc) is 3.08. The molecule has 7 heteroatoms. The van der Waals surface area contributed by atoms with Gasteiger partial charge in [-0.05, 0) is 6.07 Å². The SMILES string of the molecule is COc1ccccc1C1C(=C(O)c2ccccc2)C(=O)C(=O)N1CCN1CCOCC1. The van der Waals surface area contributed by atoms with Gasteiger partial charge in [0.2, 0.25) is 0 Å². The third-order valence-electron chi connectivity index (χ3n) is 5.78. The summed E-state index contributed by atoms with van der Waals surface area (Å²) in [4.78, 5) is 29.9. The first-order valence-electron chi connectivity index (χ1n) is 10.4. The maximum Gasteiger partial charge on any atom is 0.295 e. The molecule has 2 aromatic carbocycles. The summed E-state index contributed by atoms with van der Waals surface area (Å²) in [6, 6.07) is 15.4.